The van der Waals surface area contributed by atoms with E-state index in [4.69, 9.17) is 4.74 Å². The van der Waals surface area contributed by atoms with Crippen LogP contribution in [0.25, 0.3) is 0 Å². The summed E-state index contributed by atoms with van der Waals surface area (Å²) in [5.41, 5.74) is 1.72. The van der Waals surface area contributed by atoms with Crippen LogP contribution in [0.1, 0.15) is 37.8 Å². The van der Waals surface area contributed by atoms with E-state index in [1.54, 1.807) is 4.90 Å². The first-order valence-corrected chi connectivity index (χ1v) is 9.67. The molecule has 1 saturated heterocycles. The number of ether oxygens (including phenoxy) is 1. The standard InChI is InChI=1S/C20H29N3O4/c1-14(2)19(25)22-7-5-17(6-8-22)21-20(26)23-9-10-27-18-4-3-15(13-24)11-16(18)12-23/h3-4,11,14,17,24H,5-10,12-13H2,1-2H3,(H,21,26). The van der Waals surface area contributed by atoms with E-state index in [2.05, 4.69) is 5.32 Å². The number of fused-ring (bicyclic) bond motifs is 1. The molecule has 0 unspecified atom stereocenters. The Balaban J connectivity index is 1.56. The summed E-state index contributed by atoms with van der Waals surface area (Å²) in [5.74, 6) is 0.959. The van der Waals surface area contributed by atoms with Gasteiger partial charge in [0.25, 0.3) is 0 Å². The van der Waals surface area contributed by atoms with Crippen LogP contribution in [0.15, 0.2) is 18.2 Å². The quantitative estimate of drug-likeness (QED) is 0.843. The van der Waals surface area contributed by atoms with Gasteiger partial charge in [-0.3, -0.25) is 4.79 Å². The Bertz CT molecular complexity index is 684. The lowest BCUT2D eigenvalue weighted by Gasteiger charge is -2.34. The van der Waals surface area contributed by atoms with Crippen molar-refractivity contribution in [2.75, 3.05) is 26.2 Å². The zero-order chi connectivity index (χ0) is 19.4. The lowest BCUT2D eigenvalue weighted by molar-refractivity contribution is -0.135. The van der Waals surface area contributed by atoms with Gasteiger partial charge in [-0.1, -0.05) is 19.9 Å². The van der Waals surface area contributed by atoms with Crippen LogP contribution in [0, 0.1) is 5.92 Å². The number of urea groups is 1. The fourth-order valence-electron chi connectivity index (χ4n) is 3.59. The number of aliphatic hydroxyl groups is 1. The van der Waals surface area contributed by atoms with E-state index in [9.17, 15) is 14.7 Å². The molecular weight excluding hydrogens is 346 g/mol. The maximum absolute atomic E-state index is 12.7. The lowest BCUT2D eigenvalue weighted by atomic mass is 10.0. The highest BCUT2D eigenvalue weighted by Crippen LogP contribution is 2.24. The van der Waals surface area contributed by atoms with E-state index in [0.29, 0.717) is 32.8 Å². The molecule has 7 heteroatoms. The molecule has 0 aliphatic carbocycles. The molecule has 3 rings (SSSR count). The summed E-state index contributed by atoms with van der Waals surface area (Å²) in [5, 5.41) is 12.4. The topological polar surface area (TPSA) is 82.1 Å². The molecule has 0 atom stereocenters. The van der Waals surface area contributed by atoms with Crippen molar-refractivity contribution in [3.05, 3.63) is 29.3 Å². The van der Waals surface area contributed by atoms with Gasteiger partial charge in [-0.15, -0.1) is 0 Å². The highest BCUT2D eigenvalue weighted by molar-refractivity contribution is 5.78. The second kappa shape index (κ2) is 8.61. The molecular formula is C20H29N3O4. The summed E-state index contributed by atoms with van der Waals surface area (Å²) >= 11 is 0. The zero-order valence-corrected chi connectivity index (χ0v) is 16.1. The SMILES string of the molecule is CC(C)C(=O)N1CCC(NC(=O)N2CCOc3ccc(CO)cc3C2)CC1. The molecule has 3 amide bonds. The number of hydrogen-bond donors (Lipinski definition) is 2. The van der Waals surface area contributed by atoms with Crippen LogP contribution < -0.4 is 10.1 Å². The Hall–Kier alpha value is -2.28. The monoisotopic (exact) mass is 375 g/mol. The summed E-state index contributed by atoms with van der Waals surface area (Å²) in [7, 11) is 0. The van der Waals surface area contributed by atoms with Crippen molar-refractivity contribution in [3.63, 3.8) is 0 Å². The smallest absolute Gasteiger partial charge is 0.318 e. The molecule has 1 aromatic carbocycles. The molecule has 2 aliphatic rings. The number of aliphatic hydroxyl groups excluding tert-OH is 1. The van der Waals surface area contributed by atoms with Gasteiger partial charge in [-0.25, -0.2) is 4.79 Å². The van der Waals surface area contributed by atoms with E-state index < -0.39 is 0 Å². The largest absolute Gasteiger partial charge is 0.491 e. The van der Waals surface area contributed by atoms with E-state index in [0.717, 1.165) is 29.7 Å². The Morgan fingerprint density at radius 3 is 2.63 bits per heavy atom. The zero-order valence-electron chi connectivity index (χ0n) is 16.1. The minimum atomic E-state index is -0.102. The van der Waals surface area contributed by atoms with Crippen molar-refractivity contribution in [1.82, 2.24) is 15.1 Å². The Labute approximate surface area is 160 Å². The number of nitrogens with zero attached hydrogens (tertiary/aromatic N) is 2. The summed E-state index contributed by atoms with van der Waals surface area (Å²) in [6.07, 6.45) is 1.56. The third-order valence-corrected chi connectivity index (χ3v) is 5.20. The third-order valence-electron chi connectivity index (χ3n) is 5.20. The normalized spacial score (nSPS) is 17.9. The molecule has 0 spiro atoms. The predicted molar refractivity (Wildman–Crippen MR) is 101 cm³/mol. The van der Waals surface area contributed by atoms with Crippen molar-refractivity contribution in [3.8, 4) is 5.75 Å². The van der Waals surface area contributed by atoms with Crippen molar-refractivity contribution in [1.29, 1.82) is 0 Å². The molecule has 1 aromatic rings. The maximum Gasteiger partial charge on any atom is 0.318 e. The predicted octanol–water partition coefficient (Wildman–Crippen LogP) is 1.73. The molecule has 2 aliphatic heterocycles. The number of hydrogen-bond acceptors (Lipinski definition) is 4. The summed E-state index contributed by atoms with van der Waals surface area (Å²) < 4.78 is 5.73. The highest BCUT2D eigenvalue weighted by Gasteiger charge is 2.27. The molecule has 7 nitrogen and oxygen atoms in total. The second-order valence-electron chi connectivity index (χ2n) is 7.57. The number of benzene rings is 1. The minimum Gasteiger partial charge on any atom is -0.491 e. The van der Waals surface area contributed by atoms with Crippen molar-refractivity contribution in [2.45, 2.75) is 45.9 Å². The number of rotatable bonds is 3. The van der Waals surface area contributed by atoms with E-state index >= 15 is 0 Å². The fraction of sp³-hybridized carbons (Fsp3) is 0.600. The Kier molecular flexibility index (Phi) is 6.21. The first-order valence-electron chi connectivity index (χ1n) is 9.67. The number of carbonyl (C=O) groups is 2. The molecule has 0 bridgehead atoms. The average Bonchev–Trinajstić information content (AvgIpc) is 2.89. The number of piperidine rings is 1. The summed E-state index contributed by atoms with van der Waals surface area (Å²) in [6, 6.07) is 5.55. The van der Waals surface area contributed by atoms with Crippen LogP contribution in [0.4, 0.5) is 4.79 Å². The van der Waals surface area contributed by atoms with Gasteiger partial charge in [0.15, 0.2) is 0 Å². The number of amides is 3. The maximum atomic E-state index is 12.7. The van der Waals surface area contributed by atoms with Crippen LogP contribution in [0.5, 0.6) is 5.75 Å². The molecule has 0 aromatic heterocycles. The van der Waals surface area contributed by atoms with E-state index in [1.807, 2.05) is 36.9 Å². The van der Waals surface area contributed by atoms with Crippen LogP contribution >= 0.6 is 0 Å². The molecule has 2 heterocycles. The van der Waals surface area contributed by atoms with Crippen LogP contribution in [-0.2, 0) is 17.9 Å². The van der Waals surface area contributed by atoms with Gasteiger partial charge < -0.3 is 25.0 Å². The van der Waals surface area contributed by atoms with Gasteiger partial charge >= 0.3 is 6.03 Å². The molecule has 0 saturated carbocycles. The Morgan fingerprint density at radius 1 is 1.22 bits per heavy atom. The van der Waals surface area contributed by atoms with Gasteiger partial charge in [0.05, 0.1) is 19.7 Å². The van der Waals surface area contributed by atoms with Gasteiger partial charge in [0.1, 0.15) is 12.4 Å². The number of carbonyl (C=O) groups excluding carboxylic acids is 2. The van der Waals surface area contributed by atoms with Gasteiger partial charge in [-0.2, -0.15) is 0 Å². The van der Waals surface area contributed by atoms with Crippen LogP contribution in [0.3, 0.4) is 0 Å². The Morgan fingerprint density at radius 2 is 1.96 bits per heavy atom. The summed E-state index contributed by atoms with van der Waals surface area (Å²) in [6.45, 7) is 6.59. The van der Waals surface area contributed by atoms with Gasteiger partial charge in [0, 0.05) is 30.6 Å². The molecule has 27 heavy (non-hydrogen) atoms. The molecule has 1 fully saturated rings. The second-order valence-corrected chi connectivity index (χ2v) is 7.57. The van der Waals surface area contributed by atoms with E-state index in [1.165, 1.54) is 0 Å². The van der Waals surface area contributed by atoms with Crippen LogP contribution in [-0.4, -0.2) is 59.1 Å². The average molecular weight is 375 g/mol. The third kappa shape index (κ3) is 4.71. The summed E-state index contributed by atoms with van der Waals surface area (Å²) in [4.78, 5) is 28.5. The lowest BCUT2D eigenvalue weighted by Crippen LogP contribution is -2.50. The number of likely N-dealkylation sites (tertiary alicyclic amines) is 1. The first kappa shape index (κ1) is 19.5. The molecule has 148 valence electrons. The first-order chi connectivity index (χ1) is 13.0. The molecule has 2 N–H and O–H groups in total. The highest BCUT2D eigenvalue weighted by atomic mass is 16.5. The van der Waals surface area contributed by atoms with Gasteiger partial charge in [0.2, 0.25) is 5.91 Å². The van der Waals surface area contributed by atoms with E-state index in [-0.39, 0.29) is 30.5 Å². The molecule has 0 radical (unpaired) electrons. The van der Waals surface area contributed by atoms with Crippen LogP contribution in [0.2, 0.25) is 0 Å². The van der Waals surface area contributed by atoms with Crippen molar-refractivity contribution in [2.24, 2.45) is 5.92 Å². The van der Waals surface area contributed by atoms with Gasteiger partial charge in [-0.05, 0) is 30.5 Å². The minimum absolute atomic E-state index is 0.0112. The van der Waals surface area contributed by atoms with Crippen molar-refractivity contribution >= 4 is 11.9 Å². The number of nitrogens with one attached hydrogen (secondary N) is 1. The van der Waals surface area contributed by atoms with Crippen molar-refractivity contribution < 1.29 is 19.4 Å². The fourth-order valence-corrected chi connectivity index (χ4v) is 3.59.